The lowest BCUT2D eigenvalue weighted by atomic mass is 9.78. The molecule has 184 valence electrons. The van der Waals surface area contributed by atoms with Crippen LogP contribution in [0.3, 0.4) is 0 Å². The predicted molar refractivity (Wildman–Crippen MR) is 137 cm³/mol. The van der Waals surface area contributed by atoms with E-state index in [-0.39, 0.29) is 11.9 Å². The summed E-state index contributed by atoms with van der Waals surface area (Å²) >= 11 is 0. The van der Waals surface area contributed by atoms with Crippen LogP contribution in [0.2, 0.25) is 0 Å². The highest BCUT2D eigenvalue weighted by Crippen LogP contribution is 2.40. The lowest BCUT2D eigenvalue weighted by molar-refractivity contribution is -0.127. The largest absolute Gasteiger partial charge is 0.380 e. The molecule has 0 bridgehead atoms. The van der Waals surface area contributed by atoms with Crippen LogP contribution in [0.1, 0.15) is 34.5 Å². The van der Waals surface area contributed by atoms with Crippen molar-refractivity contribution >= 4 is 34.4 Å². The Bertz CT molecular complexity index is 1450. The molecule has 10 heteroatoms. The topological polar surface area (TPSA) is 110 Å². The summed E-state index contributed by atoms with van der Waals surface area (Å²) < 4.78 is 7.05. The van der Waals surface area contributed by atoms with Gasteiger partial charge in [-0.3, -0.25) is 4.79 Å². The van der Waals surface area contributed by atoms with Gasteiger partial charge in [0.15, 0.2) is 5.65 Å². The van der Waals surface area contributed by atoms with Gasteiger partial charge in [-0.2, -0.15) is 5.10 Å². The van der Waals surface area contributed by atoms with Crippen LogP contribution in [-0.2, 0) is 11.8 Å². The van der Waals surface area contributed by atoms with Gasteiger partial charge in [-0.1, -0.05) is 12.1 Å². The number of pyridine rings is 1. The number of fused-ring (bicyclic) bond motifs is 1. The third-order valence-electron chi connectivity index (χ3n) is 6.93. The molecule has 0 saturated carbocycles. The Morgan fingerprint density at radius 1 is 1.14 bits per heavy atom. The average Bonchev–Trinajstić information content (AvgIpc) is 3.18. The Kier molecular flexibility index (Phi) is 5.33. The molecular formula is C26H28N8O2. The minimum absolute atomic E-state index is 0.0501. The third-order valence-corrected chi connectivity index (χ3v) is 6.93. The van der Waals surface area contributed by atoms with Gasteiger partial charge in [0.25, 0.3) is 5.91 Å². The highest BCUT2D eigenvalue weighted by Gasteiger charge is 2.49. The van der Waals surface area contributed by atoms with Crippen molar-refractivity contribution in [2.75, 3.05) is 41.8 Å². The first kappa shape index (κ1) is 22.4. The molecule has 2 N–H and O–H groups in total. The van der Waals surface area contributed by atoms with Gasteiger partial charge in [0, 0.05) is 32.0 Å². The molecule has 1 spiro atoms. The van der Waals surface area contributed by atoms with Gasteiger partial charge in [0.2, 0.25) is 0 Å². The molecular weight excluding hydrogens is 456 g/mol. The maximum atomic E-state index is 13.0. The molecule has 2 saturated heterocycles. The molecule has 36 heavy (non-hydrogen) atoms. The van der Waals surface area contributed by atoms with Crippen molar-refractivity contribution in [1.29, 1.82) is 0 Å². The van der Waals surface area contributed by atoms with Crippen LogP contribution < -0.4 is 15.5 Å². The molecule has 2 aliphatic heterocycles. The molecule has 1 atom stereocenters. The molecule has 2 fully saturated rings. The number of aryl methyl sites for hydroxylation is 2. The standard InChI is InChI=1S/C26H28N8O2/c1-16-7-19(9-28-23(16)34-12-26(13-34)14-36-15-26)25(35)31-20-6-4-5-18(8-20)17(2)30-22-11-27-21-10-29-33(3)24(21)32-22/h4-11,17H,12-15H2,1-3H3,(H,30,32)(H,31,35)/t17-/m0/s1. The minimum atomic E-state index is -0.185. The van der Waals surface area contributed by atoms with E-state index in [4.69, 9.17) is 4.74 Å². The Labute approximate surface area is 208 Å². The fourth-order valence-corrected chi connectivity index (χ4v) is 4.89. The maximum absolute atomic E-state index is 13.0. The molecule has 10 nitrogen and oxygen atoms in total. The van der Waals surface area contributed by atoms with E-state index in [0.29, 0.717) is 22.4 Å². The molecule has 3 aromatic heterocycles. The zero-order valence-electron chi connectivity index (χ0n) is 20.5. The van der Waals surface area contributed by atoms with Crippen LogP contribution in [0.4, 0.5) is 17.3 Å². The highest BCUT2D eigenvalue weighted by atomic mass is 16.5. The average molecular weight is 485 g/mol. The van der Waals surface area contributed by atoms with Crippen molar-refractivity contribution in [2.45, 2.75) is 19.9 Å². The predicted octanol–water partition coefficient (Wildman–Crippen LogP) is 3.33. The second kappa shape index (κ2) is 8.56. The monoisotopic (exact) mass is 484 g/mol. The number of rotatable bonds is 6. The van der Waals surface area contributed by atoms with E-state index >= 15 is 0 Å². The first-order valence-corrected chi connectivity index (χ1v) is 12.0. The van der Waals surface area contributed by atoms with Gasteiger partial charge in [0.1, 0.15) is 17.2 Å². The number of nitrogens with zero attached hydrogens (tertiary/aromatic N) is 6. The Morgan fingerprint density at radius 3 is 2.72 bits per heavy atom. The normalized spacial score (nSPS) is 16.9. The van der Waals surface area contributed by atoms with Crippen LogP contribution >= 0.6 is 0 Å². The number of aromatic nitrogens is 5. The first-order chi connectivity index (χ1) is 17.4. The second-order valence-electron chi connectivity index (χ2n) is 9.89. The summed E-state index contributed by atoms with van der Waals surface area (Å²) in [4.78, 5) is 28.8. The van der Waals surface area contributed by atoms with Crippen molar-refractivity contribution in [3.63, 3.8) is 0 Å². The highest BCUT2D eigenvalue weighted by molar-refractivity contribution is 6.04. The Hall–Kier alpha value is -4.05. The van der Waals surface area contributed by atoms with Gasteiger partial charge < -0.3 is 20.3 Å². The molecule has 0 aliphatic carbocycles. The Balaban J connectivity index is 1.12. The molecule has 5 heterocycles. The summed E-state index contributed by atoms with van der Waals surface area (Å²) in [6, 6.07) is 9.63. The van der Waals surface area contributed by atoms with E-state index in [1.54, 1.807) is 23.3 Å². The summed E-state index contributed by atoms with van der Waals surface area (Å²) in [7, 11) is 1.84. The fourth-order valence-electron chi connectivity index (χ4n) is 4.89. The van der Waals surface area contributed by atoms with Crippen molar-refractivity contribution < 1.29 is 9.53 Å². The molecule has 6 rings (SSSR count). The van der Waals surface area contributed by atoms with E-state index in [0.717, 1.165) is 54.5 Å². The Morgan fingerprint density at radius 2 is 1.97 bits per heavy atom. The SMILES string of the molecule is Cc1cc(C(=O)Nc2cccc([C@H](C)Nc3cnc4cnn(C)c4n3)c2)cnc1N1CC2(COC2)C1. The quantitative estimate of drug-likeness (QED) is 0.429. The number of benzene rings is 1. The smallest absolute Gasteiger partial charge is 0.257 e. The van der Waals surface area contributed by atoms with Gasteiger partial charge in [-0.05, 0) is 43.2 Å². The maximum Gasteiger partial charge on any atom is 0.257 e. The second-order valence-corrected chi connectivity index (χ2v) is 9.89. The van der Waals surface area contributed by atoms with Gasteiger partial charge in [0.05, 0.1) is 42.6 Å². The molecule has 1 aromatic carbocycles. The van der Waals surface area contributed by atoms with Crippen molar-refractivity contribution in [3.05, 3.63) is 65.6 Å². The summed E-state index contributed by atoms with van der Waals surface area (Å²) in [5.74, 6) is 1.42. The number of carbonyl (C=O) groups excluding carboxylic acids is 1. The molecule has 2 aliphatic rings. The van der Waals surface area contributed by atoms with E-state index in [9.17, 15) is 4.79 Å². The summed E-state index contributed by atoms with van der Waals surface area (Å²) in [5.41, 5.74) is 5.05. The van der Waals surface area contributed by atoms with Gasteiger partial charge in [-0.15, -0.1) is 0 Å². The number of amides is 1. The number of nitrogens with one attached hydrogen (secondary N) is 2. The molecule has 0 radical (unpaired) electrons. The molecule has 0 unspecified atom stereocenters. The van der Waals surface area contributed by atoms with E-state index in [2.05, 4.69) is 35.6 Å². The summed E-state index contributed by atoms with van der Waals surface area (Å²) in [6.45, 7) is 7.64. The number of carbonyl (C=O) groups is 1. The molecule has 1 amide bonds. The lowest BCUT2D eigenvalue weighted by Gasteiger charge is -2.55. The third kappa shape index (κ3) is 4.03. The first-order valence-electron chi connectivity index (χ1n) is 12.0. The van der Waals surface area contributed by atoms with E-state index in [1.165, 1.54) is 0 Å². The fraction of sp³-hybridized carbons (Fsp3) is 0.346. The van der Waals surface area contributed by atoms with Crippen LogP contribution in [0.15, 0.2) is 48.9 Å². The van der Waals surface area contributed by atoms with Crippen LogP contribution in [0.5, 0.6) is 0 Å². The van der Waals surface area contributed by atoms with Crippen molar-refractivity contribution in [2.24, 2.45) is 12.5 Å². The van der Waals surface area contributed by atoms with E-state index in [1.807, 2.05) is 51.2 Å². The van der Waals surface area contributed by atoms with Gasteiger partial charge in [-0.25, -0.2) is 19.6 Å². The van der Waals surface area contributed by atoms with Crippen LogP contribution in [0, 0.1) is 12.3 Å². The number of hydrogen-bond donors (Lipinski definition) is 2. The number of hydrogen-bond acceptors (Lipinski definition) is 8. The van der Waals surface area contributed by atoms with Crippen molar-refractivity contribution in [3.8, 4) is 0 Å². The van der Waals surface area contributed by atoms with Crippen LogP contribution in [-0.4, -0.2) is 56.9 Å². The van der Waals surface area contributed by atoms with E-state index < -0.39 is 0 Å². The molecule has 4 aromatic rings. The van der Waals surface area contributed by atoms with Crippen molar-refractivity contribution in [1.82, 2.24) is 24.7 Å². The zero-order valence-corrected chi connectivity index (χ0v) is 20.5. The zero-order chi connectivity index (χ0) is 24.9. The lowest BCUT2D eigenvalue weighted by Crippen LogP contribution is -2.66. The van der Waals surface area contributed by atoms with Gasteiger partial charge >= 0.3 is 0 Å². The number of ether oxygens (including phenoxy) is 1. The summed E-state index contributed by atoms with van der Waals surface area (Å²) in [6.07, 6.45) is 5.05. The summed E-state index contributed by atoms with van der Waals surface area (Å²) in [5, 5.41) is 10.6. The van der Waals surface area contributed by atoms with Crippen LogP contribution in [0.25, 0.3) is 11.2 Å². The number of anilines is 3. The minimum Gasteiger partial charge on any atom is -0.380 e.